The Hall–Kier alpha value is -1.41. The molecule has 1 saturated heterocycles. The van der Waals surface area contributed by atoms with Crippen LogP contribution in [0.1, 0.15) is 17.8 Å². The number of hydrogen-bond acceptors (Lipinski definition) is 5. The minimum absolute atomic E-state index is 0.0833. The molecule has 1 unspecified atom stereocenters. The maximum absolute atomic E-state index is 11.7. The molecule has 1 atom stereocenters. The second-order valence-corrected chi connectivity index (χ2v) is 7.47. The fourth-order valence-electron chi connectivity index (χ4n) is 2.54. The third-order valence-electron chi connectivity index (χ3n) is 3.53. The zero-order valence-corrected chi connectivity index (χ0v) is 12.4. The number of carboxylic acid groups (broad SMARTS) is 1. The van der Waals surface area contributed by atoms with Crippen molar-refractivity contribution >= 4 is 15.8 Å². The second kappa shape index (κ2) is 5.53. The zero-order chi connectivity index (χ0) is 14.9. The summed E-state index contributed by atoms with van der Waals surface area (Å²) in [5.41, 5.74) is 1.85. The van der Waals surface area contributed by atoms with Crippen LogP contribution in [0.25, 0.3) is 0 Å². The van der Waals surface area contributed by atoms with E-state index in [1.54, 1.807) is 4.68 Å². The molecule has 0 radical (unpaired) electrons. The zero-order valence-electron chi connectivity index (χ0n) is 11.6. The summed E-state index contributed by atoms with van der Waals surface area (Å²) in [6.45, 7) is 2.77. The van der Waals surface area contributed by atoms with E-state index >= 15 is 0 Å². The molecule has 0 bridgehead atoms. The number of carboxylic acids is 1. The molecule has 1 fully saturated rings. The van der Waals surface area contributed by atoms with Crippen LogP contribution in [0.3, 0.4) is 0 Å². The minimum atomic E-state index is -3.14. The summed E-state index contributed by atoms with van der Waals surface area (Å²) < 4.78 is 25.1. The van der Waals surface area contributed by atoms with Gasteiger partial charge in [-0.3, -0.25) is 14.4 Å². The summed E-state index contributed by atoms with van der Waals surface area (Å²) in [5, 5.41) is 13.2. The first kappa shape index (κ1) is 15.0. The van der Waals surface area contributed by atoms with E-state index in [9.17, 15) is 13.2 Å². The molecule has 8 heteroatoms. The van der Waals surface area contributed by atoms with E-state index in [1.165, 1.54) is 0 Å². The fourth-order valence-corrected chi connectivity index (χ4v) is 4.13. The summed E-state index contributed by atoms with van der Waals surface area (Å²) in [5.74, 6) is -0.978. The largest absolute Gasteiger partial charge is 0.481 e. The van der Waals surface area contributed by atoms with Crippen LogP contribution in [0.5, 0.6) is 0 Å². The van der Waals surface area contributed by atoms with Gasteiger partial charge in [0, 0.05) is 26.2 Å². The Bertz CT molecular complexity index is 608. The average Bonchev–Trinajstić information content (AvgIpc) is 2.60. The molecule has 2 heterocycles. The monoisotopic (exact) mass is 301 g/mol. The number of carbonyl (C=O) groups is 1. The molecule has 0 amide bonds. The molecule has 2 rings (SSSR count). The highest BCUT2D eigenvalue weighted by atomic mass is 32.2. The van der Waals surface area contributed by atoms with E-state index in [1.807, 2.05) is 24.9 Å². The van der Waals surface area contributed by atoms with Gasteiger partial charge in [0.15, 0.2) is 9.84 Å². The minimum Gasteiger partial charge on any atom is -0.481 e. The third kappa shape index (κ3) is 3.57. The van der Waals surface area contributed by atoms with E-state index in [-0.39, 0.29) is 17.9 Å². The molecule has 1 aliphatic rings. The van der Waals surface area contributed by atoms with Crippen molar-refractivity contribution in [1.82, 2.24) is 14.7 Å². The van der Waals surface area contributed by atoms with Crippen molar-refractivity contribution in [3.05, 3.63) is 17.5 Å². The first-order chi connectivity index (χ1) is 9.27. The van der Waals surface area contributed by atoms with Crippen molar-refractivity contribution in [3.8, 4) is 0 Å². The van der Waals surface area contributed by atoms with Crippen molar-refractivity contribution < 1.29 is 18.3 Å². The van der Waals surface area contributed by atoms with E-state index in [2.05, 4.69) is 5.10 Å². The molecule has 0 spiro atoms. The van der Waals surface area contributed by atoms with Gasteiger partial charge in [-0.15, -0.1) is 0 Å². The number of sulfone groups is 1. The Kier molecular flexibility index (Phi) is 4.14. The normalized spacial score (nSPS) is 22.8. The lowest BCUT2D eigenvalue weighted by Crippen LogP contribution is -2.49. The van der Waals surface area contributed by atoms with Gasteiger partial charge in [0.05, 0.1) is 29.3 Å². The molecule has 7 nitrogen and oxygen atoms in total. The summed E-state index contributed by atoms with van der Waals surface area (Å²) in [6, 6.07) is 1.46. The maximum Gasteiger partial charge on any atom is 0.304 e. The molecule has 1 aromatic rings. The number of hydrogen-bond donors (Lipinski definition) is 1. The lowest BCUT2D eigenvalue weighted by molar-refractivity contribution is -0.138. The molecular formula is C12H19N3O4S. The van der Waals surface area contributed by atoms with Crippen molar-refractivity contribution in [2.24, 2.45) is 7.05 Å². The van der Waals surface area contributed by atoms with Crippen molar-refractivity contribution in [2.75, 3.05) is 18.1 Å². The molecular weight excluding hydrogens is 282 g/mol. The van der Waals surface area contributed by atoms with Crippen LogP contribution >= 0.6 is 0 Å². The van der Waals surface area contributed by atoms with Gasteiger partial charge in [0.2, 0.25) is 0 Å². The van der Waals surface area contributed by atoms with Crippen LogP contribution in [-0.4, -0.2) is 58.3 Å². The highest BCUT2D eigenvalue weighted by Gasteiger charge is 2.32. The topological polar surface area (TPSA) is 92.5 Å². The standard InChI is InChI=1S/C12H19N3O4S/c1-9-5-10(14(2)13-9)7-15-3-4-20(18,19)8-11(15)6-12(16)17/h5,11H,3-4,6-8H2,1-2H3,(H,16,17). The van der Waals surface area contributed by atoms with E-state index < -0.39 is 21.8 Å². The number of aliphatic carboxylic acids is 1. The molecule has 1 aromatic heterocycles. The Morgan fingerprint density at radius 1 is 1.55 bits per heavy atom. The Balaban J connectivity index is 2.15. The smallest absolute Gasteiger partial charge is 0.304 e. The highest BCUT2D eigenvalue weighted by Crippen LogP contribution is 2.18. The van der Waals surface area contributed by atoms with E-state index in [4.69, 9.17) is 5.11 Å². The summed E-state index contributed by atoms with van der Waals surface area (Å²) in [4.78, 5) is 12.8. The first-order valence-electron chi connectivity index (χ1n) is 6.42. The number of nitrogens with zero attached hydrogens (tertiary/aromatic N) is 3. The van der Waals surface area contributed by atoms with Crippen LogP contribution in [0.15, 0.2) is 6.07 Å². The van der Waals surface area contributed by atoms with E-state index in [0.29, 0.717) is 13.1 Å². The molecule has 0 saturated carbocycles. The van der Waals surface area contributed by atoms with Gasteiger partial charge in [-0.2, -0.15) is 5.10 Å². The Morgan fingerprint density at radius 3 is 2.80 bits per heavy atom. The van der Waals surface area contributed by atoms with Gasteiger partial charge < -0.3 is 5.11 Å². The molecule has 1 N–H and O–H groups in total. The average molecular weight is 301 g/mol. The summed E-state index contributed by atoms with van der Waals surface area (Å²) in [6.07, 6.45) is -0.157. The number of rotatable bonds is 4. The predicted molar refractivity (Wildman–Crippen MR) is 73.0 cm³/mol. The van der Waals surface area contributed by atoms with Crippen LogP contribution in [-0.2, 0) is 28.2 Å². The van der Waals surface area contributed by atoms with Crippen molar-refractivity contribution in [1.29, 1.82) is 0 Å². The van der Waals surface area contributed by atoms with Gasteiger partial charge in [-0.1, -0.05) is 0 Å². The van der Waals surface area contributed by atoms with Crippen LogP contribution < -0.4 is 0 Å². The molecule has 112 valence electrons. The maximum atomic E-state index is 11.7. The van der Waals surface area contributed by atoms with Crippen LogP contribution in [0.2, 0.25) is 0 Å². The second-order valence-electron chi connectivity index (χ2n) is 5.24. The van der Waals surface area contributed by atoms with Crippen LogP contribution in [0.4, 0.5) is 0 Å². The van der Waals surface area contributed by atoms with Crippen molar-refractivity contribution in [2.45, 2.75) is 25.9 Å². The Morgan fingerprint density at radius 2 is 2.25 bits per heavy atom. The van der Waals surface area contributed by atoms with Gasteiger partial charge in [-0.25, -0.2) is 8.42 Å². The van der Waals surface area contributed by atoms with Crippen LogP contribution in [0, 0.1) is 6.92 Å². The quantitative estimate of drug-likeness (QED) is 0.828. The SMILES string of the molecule is Cc1cc(CN2CCS(=O)(=O)CC2CC(=O)O)n(C)n1. The molecule has 1 aliphatic heterocycles. The number of aryl methyl sites for hydroxylation is 2. The number of aromatic nitrogens is 2. The van der Waals surface area contributed by atoms with Gasteiger partial charge >= 0.3 is 5.97 Å². The Labute approximate surface area is 118 Å². The van der Waals surface area contributed by atoms with Gasteiger partial charge in [0.1, 0.15) is 0 Å². The fraction of sp³-hybridized carbons (Fsp3) is 0.667. The van der Waals surface area contributed by atoms with Crippen molar-refractivity contribution in [3.63, 3.8) is 0 Å². The van der Waals surface area contributed by atoms with E-state index in [0.717, 1.165) is 11.4 Å². The summed E-state index contributed by atoms with van der Waals surface area (Å²) in [7, 11) is -1.31. The van der Waals surface area contributed by atoms with Gasteiger partial charge in [-0.05, 0) is 13.0 Å². The highest BCUT2D eigenvalue weighted by molar-refractivity contribution is 7.91. The molecule has 0 aromatic carbocycles. The van der Waals surface area contributed by atoms with Gasteiger partial charge in [0.25, 0.3) is 0 Å². The third-order valence-corrected chi connectivity index (χ3v) is 5.22. The lowest BCUT2D eigenvalue weighted by atomic mass is 10.2. The predicted octanol–water partition coefficient (Wildman–Crippen LogP) is -0.198. The summed E-state index contributed by atoms with van der Waals surface area (Å²) >= 11 is 0. The molecule has 20 heavy (non-hydrogen) atoms. The first-order valence-corrected chi connectivity index (χ1v) is 8.25. The molecule has 0 aliphatic carbocycles. The lowest BCUT2D eigenvalue weighted by Gasteiger charge is -2.34.